The van der Waals surface area contributed by atoms with Crippen molar-refractivity contribution in [3.05, 3.63) is 46.7 Å². The van der Waals surface area contributed by atoms with Crippen LogP contribution in [0.5, 0.6) is 0 Å². The highest BCUT2D eigenvalue weighted by atomic mass is 32.2. The fourth-order valence-electron chi connectivity index (χ4n) is 6.85. The van der Waals surface area contributed by atoms with E-state index in [1.54, 1.807) is 0 Å². The molecule has 0 saturated heterocycles. The van der Waals surface area contributed by atoms with Crippen LogP contribution in [0, 0.1) is 30.1 Å². The van der Waals surface area contributed by atoms with E-state index in [4.69, 9.17) is 0 Å². The Morgan fingerprint density at radius 2 is 1.73 bits per heavy atom. The first-order valence-corrected chi connectivity index (χ1v) is 14.7. The average Bonchev–Trinajstić information content (AvgIpc) is 3.46. The van der Waals surface area contributed by atoms with Gasteiger partial charge >= 0.3 is 0 Å². The largest absolute Gasteiger partial charge is 0.348 e. The Balaban J connectivity index is 1.14. The van der Waals surface area contributed by atoms with E-state index in [-0.39, 0.29) is 23.0 Å². The number of anilines is 1. The third-order valence-corrected chi connectivity index (χ3v) is 9.73. The van der Waals surface area contributed by atoms with Crippen LogP contribution in [0.2, 0.25) is 0 Å². The molecular weight excluding hydrogens is 506 g/mol. The van der Waals surface area contributed by atoms with E-state index < -0.39 is 0 Å². The normalized spacial score (nSPS) is 25.8. The predicted molar refractivity (Wildman–Crippen MR) is 142 cm³/mol. The first kappa shape index (κ1) is 24.5. The molecule has 9 nitrogen and oxygen atoms in total. The highest BCUT2D eigenvalue weighted by molar-refractivity contribution is 7.99. The molecule has 11 heteroatoms. The molecule has 4 saturated carbocycles. The molecule has 0 atom stereocenters. The van der Waals surface area contributed by atoms with Crippen molar-refractivity contribution in [1.29, 1.82) is 0 Å². The van der Waals surface area contributed by atoms with Gasteiger partial charge in [-0.15, -0.1) is 20.4 Å². The number of aromatic nitrogens is 5. The summed E-state index contributed by atoms with van der Waals surface area (Å²) in [5, 5.41) is 24.6. The number of nitrogens with one attached hydrogen (secondary N) is 2. The van der Waals surface area contributed by atoms with Crippen LogP contribution in [-0.2, 0) is 22.7 Å². The van der Waals surface area contributed by atoms with Crippen LogP contribution in [0.15, 0.2) is 35.5 Å². The van der Waals surface area contributed by atoms with Crippen molar-refractivity contribution in [2.24, 2.45) is 23.2 Å². The molecular formula is C26H31N7O2S2. The monoisotopic (exact) mass is 537 g/mol. The summed E-state index contributed by atoms with van der Waals surface area (Å²) < 4.78 is 2.00. The van der Waals surface area contributed by atoms with Crippen molar-refractivity contribution in [1.82, 2.24) is 30.3 Å². The molecule has 4 bridgehead atoms. The van der Waals surface area contributed by atoms with Gasteiger partial charge in [0.1, 0.15) is 5.01 Å². The topological polar surface area (TPSA) is 115 Å². The van der Waals surface area contributed by atoms with Crippen LogP contribution in [0.25, 0.3) is 0 Å². The molecule has 2 N–H and O–H groups in total. The van der Waals surface area contributed by atoms with Crippen molar-refractivity contribution < 1.29 is 9.59 Å². The molecule has 4 aliphatic rings. The Morgan fingerprint density at radius 1 is 1.03 bits per heavy atom. The molecule has 3 aromatic rings. The van der Waals surface area contributed by atoms with Crippen LogP contribution >= 0.6 is 23.1 Å². The van der Waals surface area contributed by atoms with Crippen molar-refractivity contribution in [3.63, 3.8) is 0 Å². The maximum atomic E-state index is 13.5. The van der Waals surface area contributed by atoms with Gasteiger partial charge < -0.3 is 9.88 Å². The summed E-state index contributed by atoms with van der Waals surface area (Å²) in [6, 6.07) is 10.1. The Morgan fingerprint density at radius 3 is 2.38 bits per heavy atom. The number of hydrogen-bond acceptors (Lipinski definition) is 8. The van der Waals surface area contributed by atoms with Crippen LogP contribution in [-0.4, -0.2) is 42.5 Å². The molecule has 0 aliphatic heterocycles. The third-order valence-electron chi connectivity index (χ3n) is 8.01. The third kappa shape index (κ3) is 5.29. The minimum Gasteiger partial charge on any atom is -0.348 e. The molecule has 2 amide bonds. The fraction of sp³-hybridized carbons (Fsp3) is 0.538. The van der Waals surface area contributed by atoms with Gasteiger partial charge in [-0.25, -0.2) is 0 Å². The number of hydrogen-bond donors (Lipinski definition) is 2. The number of rotatable bonds is 9. The quantitative estimate of drug-likeness (QED) is 0.396. The lowest BCUT2D eigenvalue weighted by Crippen LogP contribution is -2.53. The summed E-state index contributed by atoms with van der Waals surface area (Å²) in [6.07, 6.45) is 7.03. The highest BCUT2D eigenvalue weighted by Crippen LogP contribution is 2.60. The first-order chi connectivity index (χ1) is 18.0. The summed E-state index contributed by atoms with van der Waals surface area (Å²) in [4.78, 5) is 26.0. The molecule has 4 aliphatic carbocycles. The van der Waals surface area contributed by atoms with Gasteiger partial charge in [0.15, 0.2) is 11.0 Å². The molecule has 37 heavy (non-hydrogen) atoms. The molecule has 4 fully saturated rings. The number of aryl methyl sites for hydroxylation is 1. The van der Waals surface area contributed by atoms with Gasteiger partial charge in [-0.2, -0.15) is 0 Å². The predicted octanol–water partition coefficient (Wildman–Crippen LogP) is 4.05. The average molecular weight is 538 g/mol. The van der Waals surface area contributed by atoms with Crippen LogP contribution in [0.1, 0.15) is 54.9 Å². The number of benzene rings is 1. The number of amides is 2. The Hall–Kier alpha value is -2.79. The van der Waals surface area contributed by atoms with E-state index in [1.165, 1.54) is 42.4 Å². The summed E-state index contributed by atoms with van der Waals surface area (Å²) in [5.74, 6) is 3.04. The summed E-state index contributed by atoms with van der Waals surface area (Å²) in [5.41, 5.74) is 0.907. The number of carbonyl (C=O) groups is 2. The minimum atomic E-state index is -0.197. The standard InChI is InChI=1S/C26H31N7O2S2/c1-16-29-31-24(37-16)28-22(34)15-36-25-32-30-21(33(25)14-17-5-3-2-4-6-17)13-27-23(35)26-10-18-7-19(11-26)9-20(8-18)12-26/h2-6,18-20H,7-15H2,1H3,(H,27,35)(H,28,31,34). The number of thioether (sulfide) groups is 1. The van der Waals surface area contributed by atoms with Crippen molar-refractivity contribution in [2.45, 2.75) is 63.7 Å². The van der Waals surface area contributed by atoms with E-state index in [0.717, 1.165) is 47.6 Å². The number of nitrogens with zero attached hydrogens (tertiary/aromatic N) is 5. The van der Waals surface area contributed by atoms with Gasteiger partial charge in [-0.1, -0.05) is 53.4 Å². The van der Waals surface area contributed by atoms with Crippen LogP contribution < -0.4 is 10.6 Å². The summed E-state index contributed by atoms with van der Waals surface area (Å²) in [6.45, 7) is 2.74. The SMILES string of the molecule is Cc1nnc(NC(=O)CSc2nnc(CNC(=O)C34CC5CC(CC(C5)C3)C4)n2Cc2ccccc2)s1. The molecule has 7 rings (SSSR count). The lowest BCUT2D eigenvalue weighted by atomic mass is 9.49. The smallest absolute Gasteiger partial charge is 0.236 e. The molecule has 1 aromatic carbocycles. The van der Waals surface area contributed by atoms with Crippen LogP contribution in [0.3, 0.4) is 0 Å². The van der Waals surface area contributed by atoms with E-state index in [2.05, 4.69) is 43.2 Å². The molecule has 0 spiro atoms. The zero-order valence-corrected chi connectivity index (χ0v) is 22.5. The second-order valence-electron chi connectivity index (χ2n) is 10.8. The van der Waals surface area contributed by atoms with Gasteiger partial charge in [0, 0.05) is 5.41 Å². The van der Waals surface area contributed by atoms with E-state index in [9.17, 15) is 9.59 Å². The summed E-state index contributed by atoms with van der Waals surface area (Å²) in [7, 11) is 0. The fourth-order valence-corrected chi connectivity index (χ4v) is 8.21. The second kappa shape index (κ2) is 10.2. The minimum absolute atomic E-state index is 0.172. The van der Waals surface area contributed by atoms with Gasteiger partial charge in [0.2, 0.25) is 16.9 Å². The van der Waals surface area contributed by atoms with E-state index >= 15 is 0 Å². The Labute approximate surface area is 224 Å². The second-order valence-corrected chi connectivity index (χ2v) is 12.9. The molecule has 0 unspecified atom stereocenters. The first-order valence-electron chi connectivity index (χ1n) is 12.9. The number of carbonyl (C=O) groups excluding carboxylic acids is 2. The molecule has 194 valence electrons. The van der Waals surface area contributed by atoms with Crippen molar-refractivity contribution in [2.75, 3.05) is 11.1 Å². The zero-order valence-electron chi connectivity index (χ0n) is 20.9. The van der Waals surface area contributed by atoms with Crippen molar-refractivity contribution in [3.8, 4) is 0 Å². The van der Waals surface area contributed by atoms with Gasteiger partial charge in [-0.3, -0.25) is 14.9 Å². The summed E-state index contributed by atoms with van der Waals surface area (Å²) >= 11 is 2.66. The zero-order chi connectivity index (χ0) is 25.4. The maximum Gasteiger partial charge on any atom is 0.236 e. The Bertz CT molecular complexity index is 1250. The molecule has 2 aromatic heterocycles. The molecule has 0 radical (unpaired) electrons. The maximum absolute atomic E-state index is 13.5. The van der Waals surface area contributed by atoms with E-state index in [1.807, 2.05) is 29.7 Å². The highest BCUT2D eigenvalue weighted by Gasteiger charge is 2.54. The van der Waals surface area contributed by atoms with Crippen LogP contribution in [0.4, 0.5) is 5.13 Å². The van der Waals surface area contributed by atoms with Crippen molar-refractivity contribution >= 4 is 40.0 Å². The van der Waals surface area contributed by atoms with Gasteiger partial charge in [0.25, 0.3) is 0 Å². The Kier molecular flexibility index (Phi) is 6.74. The lowest BCUT2D eigenvalue weighted by molar-refractivity contribution is -0.146. The lowest BCUT2D eigenvalue weighted by Gasteiger charge is -2.55. The van der Waals surface area contributed by atoms with Gasteiger partial charge in [-0.05, 0) is 68.8 Å². The van der Waals surface area contributed by atoms with E-state index in [0.29, 0.717) is 29.2 Å². The van der Waals surface area contributed by atoms with Gasteiger partial charge in [0.05, 0.1) is 18.8 Å². The molecule has 2 heterocycles.